The van der Waals surface area contributed by atoms with E-state index in [1.54, 1.807) is 26.8 Å². The van der Waals surface area contributed by atoms with E-state index in [-0.39, 0.29) is 10.7 Å². The molecule has 8 heteroatoms. The molecule has 0 atom stereocenters. The number of pyridine rings is 1. The van der Waals surface area contributed by atoms with Gasteiger partial charge in [0.25, 0.3) is 10.0 Å². The first-order valence-electron chi connectivity index (χ1n) is 5.58. The van der Waals surface area contributed by atoms with Gasteiger partial charge in [-0.1, -0.05) is 0 Å². The van der Waals surface area contributed by atoms with Gasteiger partial charge in [0.15, 0.2) is 0 Å². The summed E-state index contributed by atoms with van der Waals surface area (Å²) in [7, 11) is -3.71. The number of nitrogen functional groups attached to an aromatic ring is 1. The van der Waals surface area contributed by atoms with Gasteiger partial charge in [-0.25, -0.2) is 13.4 Å². The van der Waals surface area contributed by atoms with Crippen LogP contribution in [0.2, 0.25) is 0 Å². The number of rotatable bonds is 3. The summed E-state index contributed by atoms with van der Waals surface area (Å²) in [6, 6.07) is 1.65. The summed E-state index contributed by atoms with van der Waals surface area (Å²) in [5.41, 5.74) is 7.62. The molecule has 0 aromatic carbocycles. The second kappa shape index (κ2) is 4.54. The molecular formula is C11H15N5O2S. The summed E-state index contributed by atoms with van der Waals surface area (Å²) < 4.78 is 27.0. The van der Waals surface area contributed by atoms with E-state index >= 15 is 0 Å². The Morgan fingerprint density at radius 1 is 1.32 bits per heavy atom. The molecule has 2 rings (SSSR count). The lowest BCUT2D eigenvalue weighted by Gasteiger charge is -2.10. The number of aromatic amines is 1. The predicted octanol–water partition coefficient (Wildman–Crippen LogP) is 1.11. The molecule has 0 spiro atoms. The Hall–Kier alpha value is -2.09. The highest BCUT2D eigenvalue weighted by molar-refractivity contribution is 7.92. The Balaban J connectivity index is 2.42. The third-order valence-electron chi connectivity index (χ3n) is 2.66. The minimum Gasteiger partial charge on any atom is -0.397 e. The van der Waals surface area contributed by atoms with Crippen LogP contribution in [0.1, 0.15) is 17.0 Å². The maximum absolute atomic E-state index is 12.3. The molecule has 19 heavy (non-hydrogen) atoms. The van der Waals surface area contributed by atoms with Gasteiger partial charge >= 0.3 is 0 Å². The summed E-state index contributed by atoms with van der Waals surface area (Å²) >= 11 is 0. The highest BCUT2D eigenvalue weighted by Crippen LogP contribution is 2.22. The van der Waals surface area contributed by atoms with Crippen LogP contribution >= 0.6 is 0 Å². The Morgan fingerprint density at radius 3 is 2.53 bits per heavy atom. The van der Waals surface area contributed by atoms with Crippen LogP contribution in [0, 0.1) is 20.8 Å². The maximum atomic E-state index is 12.3. The standard InChI is InChI=1S/C11H15N5O2S/c1-6-4-9(12)5-13-11(6)16-19(17,18)10-7(2)14-15-8(10)3/h4-5H,12H2,1-3H3,(H,13,16)(H,14,15). The molecular weight excluding hydrogens is 266 g/mol. The minimum absolute atomic E-state index is 0.144. The van der Waals surface area contributed by atoms with E-state index in [4.69, 9.17) is 5.73 Å². The fourth-order valence-corrected chi connectivity index (χ4v) is 3.27. The lowest BCUT2D eigenvalue weighted by atomic mass is 10.3. The van der Waals surface area contributed by atoms with Crippen molar-refractivity contribution in [1.82, 2.24) is 15.2 Å². The van der Waals surface area contributed by atoms with Crippen LogP contribution in [0.5, 0.6) is 0 Å². The van der Waals surface area contributed by atoms with Gasteiger partial charge in [-0.3, -0.25) is 9.82 Å². The zero-order chi connectivity index (χ0) is 14.2. The van der Waals surface area contributed by atoms with Crippen LogP contribution in [-0.4, -0.2) is 23.6 Å². The molecule has 2 heterocycles. The average molecular weight is 281 g/mol. The molecule has 2 aromatic rings. The van der Waals surface area contributed by atoms with E-state index in [1.807, 2.05) is 0 Å². The van der Waals surface area contributed by atoms with Crippen molar-refractivity contribution in [3.63, 3.8) is 0 Å². The first kappa shape index (κ1) is 13.3. The first-order chi connectivity index (χ1) is 8.81. The van der Waals surface area contributed by atoms with Gasteiger partial charge in [0.05, 0.1) is 23.3 Å². The van der Waals surface area contributed by atoms with Gasteiger partial charge in [-0.05, 0) is 32.4 Å². The molecule has 0 saturated carbocycles. The number of aryl methyl sites for hydroxylation is 3. The van der Waals surface area contributed by atoms with Gasteiger partial charge in [0.2, 0.25) is 0 Å². The predicted molar refractivity (Wildman–Crippen MR) is 72.3 cm³/mol. The van der Waals surface area contributed by atoms with Gasteiger partial charge in [0, 0.05) is 0 Å². The topological polar surface area (TPSA) is 114 Å². The monoisotopic (exact) mass is 281 g/mol. The molecule has 2 aromatic heterocycles. The quantitative estimate of drug-likeness (QED) is 0.780. The van der Waals surface area contributed by atoms with E-state index in [2.05, 4.69) is 19.9 Å². The Kier molecular flexibility index (Phi) is 3.19. The summed E-state index contributed by atoms with van der Waals surface area (Å²) in [4.78, 5) is 4.13. The lowest BCUT2D eigenvalue weighted by molar-refractivity contribution is 0.600. The van der Waals surface area contributed by atoms with Gasteiger partial charge < -0.3 is 5.73 Å². The zero-order valence-corrected chi connectivity index (χ0v) is 11.7. The average Bonchev–Trinajstić information content (AvgIpc) is 2.63. The van der Waals surface area contributed by atoms with Gasteiger partial charge in [-0.2, -0.15) is 5.10 Å². The molecule has 0 aliphatic rings. The number of nitrogens with two attached hydrogens (primary N) is 1. The first-order valence-corrected chi connectivity index (χ1v) is 7.06. The van der Waals surface area contributed by atoms with Crippen LogP contribution in [0.25, 0.3) is 0 Å². The van der Waals surface area contributed by atoms with Crippen LogP contribution in [0.15, 0.2) is 17.2 Å². The van der Waals surface area contributed by atoms with Crippen molar-refractivity contribution in [2.45, 2.75) is 25.7 Å². The molecule has 0 saturated heterocycles. The van der Waals surface area contributed by atoms with Crippen molar-refractivity contribution in [2.24, 2.45) is 0 Å². The second-order valence-electron chi connectivity index (χ2n) is 4.30. The molecule has 0 bridgehead atoms. The number of nitrogens with zero attached hydrogens (tertiary/aromatic N) is 2. The molecule has 102 valence electrons. The number of H-pyrrole nitrogens is 1. The van der Waals surface area contributed by atoms with Crippen LogP contribution < -0.4 is 10.5 Å². The highest BCUT2D eigenvalue weighted by atomic mass is 32.2. The highest BCUT2D eigenvalue weighted by Gasteiger charge is 2.23. The van der Waals surface area contributed by atoms with Crippen molar-refractivity contribution >= 4 is 21.5 Å². The maximum Gasteiger partial charge on any atom is 0.266 e. The number of sulfonamides is 1. The van der Waals surface area contributed by atoms with Crippen molar-refractivity contribution < 1.29 is 8.42 Å². The van der Waals surface area contributed by atoms with E-state index < -0.39 is 10.0 Å². The smallest absolute Gasteiger partial charge is 0.266 e. The molecule has 0 amide bonds. The number of nitrogens with one attached hydrogen (secondary N) is 2. The van der Waals surface area contributed by atoms with Crippen molar-refractivity contribution in [1.29, 1.82) is 0 Å². The zero-order valence-electron chi connectivity index (χ0n) is 10.9. The molecule has 0 fully saturated rings. The Morgan fingerprint density at radius 2 is 2.00 bits per heavy atom. The number of hydrogen-bond acceptors (Lipinski definition) is 5. The number of aromatic nitrogens is 3. The molecule has 0 unspecified atom stereocenters. The minimum atomic E-state index is -3.71. The van der Waals surface area contributed by atoms with E-state index in [0.29, 0.717) is 22.6 Å². The number of hydrogen-bond donors (Lipinski definition) is 3. The van der Waals surface area contributed by atoms with Crippen LogP contribution in [0.4, 0.5) is 11.5 Å². The molecule has 4 N–H and O–H groups in total. The van der Waals surface area contributed by atoms with Crippen LogP contribution in [0.3, 0.4) is 0 Å². The Bertz CT molecular complexity index is 701. The summed E-state index contributed by atoms with van der Waals surface area (Å²) in [5.74, 6) is 0.259. The van der Waals surface area contributed by atoms with Crippen LogP contribution in [-0.2, 0) is 10.0 Å². The SMILES string of the molecule is Cc1cc(N)cnc1NS(=O)(=O)c1c(C)n[nH]c1C. The molecule has 7 nitrogen and oxygen atoms in total. The molecule has 0 aliphatic heterocycles. The van der Waals surface area contributed by atoms with Crippen molar-refractivity contribution in [3.05, 3.63) is 29.2 Å². The van der Waals surface area contributed by atoms with Crippen molar-refractivity contribution in [2.75, 3.05) is 10.5 Å². The summed E-state index contributed by atoms with van der Waals surface area (Å²) in [6.07, 6.45) is 1.40. The second-order valence-corrected chi connectivity index (χ2v) is 5.92. The summed E-state index contributed by atoms with van der Waals surface area (Å²) in [6.45, 7) is 5.01. The lowest BCUT2D eigenvalue weighted by Crippen LogP contribution is -2.16. The largest absolute Gasteiger partial charge is 0.397 e. The fourth-order valence-electron chi connectivity index (χ4n) is 1.82. The third kappa shape index (κ3) is 2.53. The van der Waals surface area contributed by atoms with Crippen molar-refractivity contribution in [3.8, 4) is 0 Å². The Labute approximate surface area is 111 Å². The molecule has 0 aliphatic carbocycles. The number of anilines is 2. The normalized spacial score (nSPS) is 11.5. The third-order valence-corrected chi connectivity index (χ3v) is 4.26. The van der Waals surface area contributed by atoms with E-state index in [9.17, 15) is 8.42 Å². The van der Waals surface area contributed by atoms with E-state index in [0.717, 1.165) is 0 Å². The van der Waals surface area contributed by atoms with Gasteiger partial charge in [-0.15, -0.1) is 0 Å². The summed E-state index contributed by atoms with van der Waals surface area (Å²) in [5, 5.41) is 6.52. The fraction of sp³-hybridized carbons (Fsp3) is 0.273. The van der Waals surface area contributed by atoms with E-state index in [1.165, 1.54) is 6.20 Å². The van der Waals surface area contributed by atoms with Gasteiger partial charge in [0.1, 0.15) is 10.7 Å². The molecule has 0 radical (unpaired) electrons.